The zero-order chi connectivity index (χ0) is 25.3. The molecule has 0 saturated heterocycles. The lowest BCUT2D eigenvalue weighted by Crippen LogP contribution is -2.45. The van der Waals surface area contributed by atoms with E-state index in [-0.39, 0.29) is 11.8 Å². The number of benzene rings is 3. The van der Waals surface area contributed by atoms with Crippen LogP contribution in [-0.4, -0.2) is 35.8 Å². The minimum Gasteiger partial charge on any atom is -0.467 e. The van der Waals surface area contributed by atoms with Crippen molar-refractivity contribution >= 4 is 23.5 Å². The van der Waals surface area contributed by atoms with Crippen molar-refractivity contribution in [2.75, 3.05) is 12.4 Å². The van der Waals surface area contributed by atoms with Gasteiger partial charge in [-0.15, -0.1) is 0 Å². The van der Waals surface area contributed by atoms with E-state index in [1.54, 1.807) is 30.3 Å². The summed E-state index contributed by atoms with van der Waals surface area (Å²) < 4.78 is 32.6. The number of carbonyl (C=O) groups excluding carboxylic acids is 3. The summed E-state index contributed by atoms with van der Waals surface area (Å²) in [6.07, 6.45) is 0. The largest absolute Gasteiger partial charge is 0.467 e. The van der Waals surface area contributed by atoms with Crippen LogP contribution in [0.5, 0.6) is 0 Å². The summed E-state index contributed by atoms with van der Waals surface area (Å²) in [5.41, 5.74) is 2.61. The predicted molar refractivity (Wildman–Crippen MR) is 127 cm³/mol. The summed E-state index contributed by atoms with van der Waals surface area (Å²) in [6, 6.07) is 14.7. The lowest BCUT2D eigenvalue weighted by molar-refractivity contribution is -0.147. The first-order valence-electron chi connectivity index (χ1n) is 11.1. The number of methoxy groups -OCH3 is 1. The standard InChI is InChI=1S/C27H24F2N2O4/c1-15(2)24(27(34)35-3)31-14-18-8-7-17(13-20(18)26(31)33)16-9-11-19(12-10-16)30-25(32)23-21(28)5-4-6-22(23)29/h4-13,15,24H,14H2,1-3H3,(H,30,32). The van der Waals surface area contributed by atoms with Gasteiger partial charge >= 0.3 is 5.97 Å². The average molecular weight is 478 g/mol. The summed E-state index contributed by atoms with van der Waals surface area (Å²) in [5, 5.41) is 2.49. The monoisotopic (exact) mass is 478 g/mol. The molecule has 1 unspecified atom stereocenters. The third-order valence-electron chi connectivity index (χ3n) is 6.02. The Morgan fingerprint density at radius 3 is 2.20 bits per heavy atom. The minimum atomic E-state index is -0.942. The van der Waals surface area contributed by atoms with Gasteiger partial charge in [0.1, 0.15) is 23.2 Å². The molecule has 0 aromatic heterocycles. The lowest BCUT2D eigenvalue weighted by atomic mass is 10.00. The first kappa shape index (κ1) is 24.1. The molecule has 0 bridgehead atoms. The van der Waals surface area contributed by atoms with E-state index in [4.69, 9.17) is 4.74 Å². The Bertz CT molecular complexity index is 1280. The van der Waals surface area contributed by atoms with Crippen molar-refractivity contribution in [1.82, 2.24) is 4.90 Å². The fraction of sp³-hybridized carbons (Fsp3) is 0.222. The van der Waals surface area contributed by atoms with Gasteiger partial charge in [-0.3, -0.25) is 9.59 Å². The molecular formula is C27H24F2N2O4. The molecule has 0 aliphatic carbocycles. The normalized spacial score (nSPS) is 13.5. The number of nitrogens with zero attached hydrogens (tertiary/aromatic N) is 1. The Kier molecular flexibility index (Phi) is 6.64. The van der Waals surface area contributed by atoms with Gasteiger partial charge in [0, 0.05) is 17.8 Å². The van der Waals surface area contributed by atoms with E-state index in [9.17, 15) is 23.2 Å². The second-order valence-electron chi connectivity index (χ2n) is 8.65. The number of fused-ring (bicyclic) bond motifs is 1. The van der Waals surface area contributed by atoms with Crippen LogP contribution in [-0.2, 0) is 16.1 Å². The van der Waals surface area contributed by atoms with E-state index in [1.165, 1.54) is 18.1 Å². The molecule has 0 saturated carbocycles. The Morgan fingerprint density at radius 1 is 0.971 bits per heavy atom. The highest BCUT2D eigenvalue weighted by Gasteiger charge is 2.38. The van der Waals surface area contributed by atoms with E-state index < -0.39 is 35.1 Å². The molecule has 8 heteroatoms. The van der Waals surface area contributed by atoms with Gasteiger partial charge in [0.25, 0.3) is 11.8 Å². The number of anilines is 1. The van der Waals surface area contributed by atoms with E-state index >= 15 is 0 Å². The quantitative estimate of drug-likeness (QED) is 0.504. The van der Waals surface area contributed by atoms with Crippen LogP contribution >= 0.6 is 0 Å². The zero-order valence-electron chi connectivity index (χ0n) is 19.5. The van der Waals surface area contributed by atoms with Gasteiger partial charge in [0.05, 0.1) is 7.11 Å². The molecule has 3 aromatic rings. The molecule has 180 valence electrons. The molecular weight excluding hydrogens is 454 g/mol. The van der Waals surface area contributed by atoms with Crippen LogP contribution in [0.3, 0.4) is 0 Å². The molecule has 6 nitrogen and oxygen atoms in total. The van der Waals surface area contributed by atoms with Crippen molar-refractivity contribution in [1.29, 1.82) is 0 Å². The molecule has 4 rings (SSSR count). The van der Waals surface area contributed by atoms with Crippen molar-refractivity contribution in [3.05, 3.63) is 89.0 Å². The first-order chi connectivity index (χ1) is 16.7. The molecule has 0 fully saturated rings. The second kappa shape index (κ2) is 9.66. The third-order valence-corrected chi connectivity index (χ3v) is 6.02. The molecule has 1 heterocycles. The number of carbonyl (C=O) groups is 3. The van der Waals surface area contributed by atoms with Crippen LogP contribution in [0.15, 0.2) is 60.7 Å². The topological polar surface area (TPSA) is 75.7 Å². The Balaban J connectivity index is 1.53. The highest BCUT2D eigenvalue weighted by Crippen LogP contribution is 2.32. The third kappa shape index (κ3) is 4.64. The highest BCUT2D eigenvalue weighted by molar-refractivity contribution is 6.05. The Labute approximate surface area is 201 Å². The summed E-state index contributed by atoms with van der Waals surface area (Å²) in [6.45, 7) is 4.05. The van der Waals surface area contributed by atoms with Gasteiger partial charge in [0.15, 0.2) is 0 Å². The number of amides is 2. The number of rotatable bonds is 6. The van der Waals surface area contributed by atoms with Crippen molar-refractivity contribution < 1.29 is 27.9 Å². The highest BCUT2D eigenvalue weighted by atomic mass is 19.1. The second-order valence-corrected chi connectivity index (χ2v) is 8.65. The molecule has 0 spiro atoms. The van der Waals surface area contributed by atoms with Gasteiger partial charge in [-0.05, 0) is 52.9 Å². The number of hydrogen-bond acceptors (Lipinski definition) is 4. The fourth-order valence-corrected chi connectivity index (χ4v) is 4.26. The molecule has 35 heavy (non-hydrogen) atoms. The summed E-state index contributed by atoms with van der Waals surface area (Å²) >= 11 is 0. The lowest BCUT2D eigenvalue weighted by Gasteiger charge is -2.28. The van der Waals surface area contributed by atoms with Gasteiger partial charge in [-0.25, -0.2) is 13.6 Å². The van der Waals surface area contributed by atoms with Crippen molar-refractivity contribution in [3.63, 3.8) is 0 Å². The summed E-state index contributed by atoms with van der Waals surface area (Å²) in [4.78, 5) is 39.2. The number of hydrogen-bond donors (Lipinski definition) is 1. The Morgan fingerprint density at radius 2 is 1.60 bits per heavy atom. The van der Waals surface area contributed by atoms with E-state index in [0.29, 0.717) is 17.8 Å². The van der Waals surface area contributed by atoms with Crippen LogP contribution in [0, 0.1) is 17.6 Å². The molecule has 1 aliphatic rings. The number of ether oxygens (including phenoxy) is 1. The fourth-order valence-electron chi connectivity index (χ4n) is 4.26. The van der Waals surface area contributed by atoms with Gasteiger partial charge < -0.3 is 15.0 Å². The number of esters is 1. The summed E-state index contributed by atoms with van der Waals surface area (Å²) in [5.74, 6) is -3.57. The minimum absolute atomic E-state index is 0.110. The molecule has 2 amide bonds. The van der Waals surface area contributed by atoms with Crippen LogP contribution in [0.1, 0.15) is 40.1 Å². The smallest absolute Gasteiger partial charge is 0.328 e. The van der Waals surface area contributed by atoms with E-state index in [1.807, 2.05) is 26.0 Å². The number of nitrogens with one attached hydrogen (secondary N) is 1. The van der Waals surface area contributed by atoms with Gasteiger partial charge in [-0.1, -0.05) is 44.2 Å². The summed E-state index contributed by atoms with van der Waals surface area (Å²) in [7, 11) is 1.31. The van der Waals surface area contributed by atoms with Crippen molar-refractivity contribution in [2.45, 2.75) is 26.4 Å². The van der Waals surface area contributed by atoms with Crippen LogP contribution < -0.4 is 5.32 Å². The van der Waals surface area contributed by atoms with Crippen LogP contribution in [0.2, 0.25) is 0 Å². The van der Waals surface area contributed by atoms with E-state index in [2.05, 4.69) is 5.32 Å². The van der Waals surface area contributed by atoms with Crippen molar-refractivity contribution in [2.24, 2.45) is 5.92 Å². The predicted octanol–water partition coefficient (Wildman–Crippen LogP) is 5.04. The maximum absolute atomic E-state index is 13.9. The SMILES string of the molecule is COC(=O)C(C(C)C)N1Cc2ccc(-c3ccc(NC(=O)c4c(F)cccc4F)cc3)cc2C1=O. The average Bonchev–Trinajstić information content (AvgIpc) is 3.14. The van der Waals surface area contributed by atoms with E-state index in [0.717, 1.165) is 28.8 Å². The maximum Gasteiger partial charge on any atom is 0.328 e. The van der Waals surface area contributed by atoms with Gasteiger partial charge in [0.2, 0.25) is 0 Å². The molecule has 1 atom stereocenters. The Hall–Kier alpha value is -4.07. The molecule has 1 N–H and O–H groups in total. The van der Waals surface area contributed by atoms with Crippen LogP contribution in [0.4, 0.5) is 14.5 Å². The zero-order valence-corrected chi connectivity index (χ0v) is 19.5. The first-order valence-corrected chi connectivity index (χ1v) is 11.1. The van der Waals surface area contributed by atoms with Crippen molar-refractivity contribution in [3.8, 4) is 11.1 Å². The molecule has 3 aromatic carbocycles. The number of halogens is 2. The molecule has 0 radical (unpaired) electrons. The maximum atomic E-state index is 13.9. The molecule has 1 aliphatic heterocycles. The van der Waals surface area contributed by atoms with Gasteiger partial charge in [-0.2, -0.15) is 0 Å². The van der Waals surface area contributed by atoms with Crippen LogP contribution in [0.25, 0.3) is 11.1 Å².